The maximum Gasteiger partial charge on any atom is 0.282 e. The average Bonchev–Trinajstić information content (AvgIpc) is 2.33. The summed E-state index contributed by atoms with van der Waals surface area (Å²) >= 11 is 5.83. The molecule has 1 rings (SSSR count). The molecule has 1 aromatic rings. The first kappa shape index (κ1) is 14.1. The highest BCUT2D eigenvalue weighted by atomic mass is 35.5. The molecule has 0 radical (unpaired) electrons. The number of carbonyl (C=O) groups excluding carboxylic acids is 1. The first-order valence-corrected chi connectivity index (χ1v) is 5.67. The molecule has 96 valence electrons. The summed E-state index contributed by atoms with van der Waals surface area (Å²) in [7, 11) is 0. The Morgan fingerprint density at radius 3 is 2.83 bits per heavy atom. The summed E-state index contributed by atoms with van der Waals surface area (Å²) in [4.78, 5) is 10.6. The zero-order chi connectivity index (χ0) is 13.5. The lowest BCUT2D eigenvalue weighted by molar-refractivity contribution is 0.112. The highest BCUT2D eigenvalue weighted by Crippen LogP contribution is 2.32. The van der Waals surface area contributed by atoms with Crippen molar-refractivity contribution in [3.8, 4) is 11.5 Å². The van der Waals surface area contributed by atoms with Crippen LogP contribution in [0.2, 0.25) is 5.02 Å². The Morgan fingerprint density at radius 1 is 1.50 bits per heavy atom. The van der Waals surface area contributed by atoms with E-state index in [1.807, 2.05) is 13.0 Å². The number of hydrogen-bond acceptors (Lipinski definition) is 4. The summed E-state index contributed by atoms with van der Waals surface area (Å²) in [6.45, 7) is 1.95. The number of aldehydes is 1. The fourth-order valence-corrected chi connectivity index (χ4v) is 1.37. The summed E-state index contributed by atoms with van der Waals surface area (Å²) in [5.74, 6) is -0.556. The van der Waals surface area contributed by atoms with Gasteiger partial charge in [0.2, 0.25) is 0 Å². The predicted octanol–water partition coefficient (Wildman–Crippen LogP) is 3.60. The van der Waals surface area contributed by atoms with Crippen LogP contribution >= 0.6 is 11.6 Å². The molecule has 18 heavy (non-hydrogen) atoms. The van der Waals surface area contributed by atoms with Crippen LogP contribution in [0.5, 0.6) is 11.5 Å². The monoisotopic (exact) mass is 268 g/mol. The van der Waals surface area contributed by atoms with Crippen molar-refractivity contribution >= 4 is 17.9 Å². The Hall–Kier alpha value is -1.94. The molecule has 0 aliphatic carbocycles. The van der Waals surface area contributed by atoms with Crippen LogP contribution in [0.15, 0.2) is 36.3 Å². The lowest BCUT2D eigenvalue weighted by Gasteiger charge is -2.07. The van der Waals surface area contributed by atoms with Crippen LogP contribution in [0.25, 0.3) is 0 Å². The Morgan fingerprint density at radius 2 is 2.22 bits per heavy atom. The molecule has 0 spiro atoms. The number of aromatic hydroxyl groups is 1. The van der Waals surface area contributed by atoms with Gasteiger partial charge < -0.3 is 14.9 Å². The number of carbonyl (C=O) groups is 1. The van der Waals surface area contributed by atoms with Crippen LogP contribution in [0, 0.1) is 0 Å². The van der Waals surface area contributed by atoms with E-state index in [0.717, 1.165) is 6.42 Å². The first-order valence-electron chi connectivity index (χ1n) is 5.29. The minimum atomic E-state index is -0.361. The van der Waals surface area contributed by atoms with Gasteiger partial charge in [-0.1, -0.05) is 30.7 Å². The molecule has 0 bridgehead atoms. The number of halogens is 1. The van der Waals surface area contributed by atoms with E-state index in [-0.39, 0.29) is 28.0 Å². The molecule has 0 fully saturated rings. The van der Waals surface area contributed by atoms with Gasteiger partial charge >= 0.3 is 0 Å². The lowest BCUT2D eigenvalue weighted by Crippen LogP contribution is -1.95. The van der Waals surface area contributed by atoms with E-state index in [0.29, 0.717) is 6.29 Å². The summed E-state index contributed by atoms with van der Waals surface area (Å²) in [6, 6.07) is 2.42. The third kappa shape index (κ3) is 3.82. The predicted molar refractivity (Wildman–Crippen MR) is 69.3 cm³/mol. The van der Waals surface area contributed by atoms with E-state index in [2.05, 4.69) is 0 Å². The second-order valence-electron chi connectivity index (χ2n) is 3.40. The number of aliphatic hydroxyl groups excluding tert-OH is 1. The Labute approximate surface area is 110 Å². The molecule has 0 aliphatic heterocycles. The molecular weight excluding hydrogens is 256 g/mol. The number of hydrogen-bond donors (Lipinski definition) is 2. The highest BCUT2D eigenvalue weighted by Gasteiger charge is 2.09. The van der Waals surface area contributed by atoms with E-state index in [1.54, 1.807) is 6.08 Å². The number of ether oxygens (including phenoxy) is 1. The van der Waals surface area contributed by atoms with Gasteiger partial charge in [-0.25, -0.2) is 0 Å². The molecule has 2 N–H and O–H groups in total. The Balaban J connectivity index is 2.91. The van der Waals surface area contributed by atoms with Crippen LogP contribution in [-0.4, -0.2) is 16.5 Å². The average molecular weight is 269 g/mol. The zero-order valence-corrected chi connectivity index (χ0v) is 10.5. The van der Waals surface area contributed by atoms with Gasteiger partial charge in [-0.3, -0.25) is 4.79 Å². The van der Waals surface area contributed by atoms with Gasteiger partial charge in [0.25, 0.3) is 5.95 Å². The molecule has 5 heteroatoms. The second-order valence-corrected chi connectivity index (χ2v) is 3.81. The van der Waals surface area contributed by atoms with E-state index < -0.39 is 0 Å². The number of allylic oxidation sites excluding steroid dienone is 3. The summed E-state index contributed by atoms with van der Waals surface area (Å²) < 4.78 is 5.03. The van der Waals surface area contributed by atoms with Crippen molar-refractivity contribution in [1.29, 1.82) is 0 Å². The molecule has 0 atom stereocenters. The lowest BCUT2D eigenvalue weighted by atomic mass is 10.2. The third-order valence-electron chi connectivity index (χ3n) is 2.03. The topological polar surface area (TPSA) is 66.8 Å². The van der Waals surface area contributed by atoms with Crippen LogP contribution in [-0.2, 0) is 0 Å². The largest absolute Gasteiger partial charge is 0.507 e. The zero-order valence-electron chi connectivity index (χ0n) is 9.76. The summed E-state index contributed by atoms with van der Waals surface area (Å²) in [5.41, 5.74) is 0.0571. The fourth-order valence-electron chi connectivity index (χ4n) is 1.16. The minimum absolute atomic E-state index is 0.0571. The molecule has 1 aromatic carbocycles. The van der Waals surface area contributed by atoms with Crippen molar-refractivity contribution in [1.82, 2.24) is 0 Å². The minimum Gasteiger partial charge on any atom is -0.507 e. The maximum absolute atomic E-state index is 10.6. The van der Waals surface area contributed by atoms with E-state index in [4.69, 9.17) is 16.3 Å². The molecule has 0 aromatic heterocycles. The summed E-state index contributed by atoms with van der Waals surface area (Å²) in [6.07, 6.45) is 6.12. The van der Waals surface area contributed by atoms with E-state index in [9.17, 15) is 15.0 Å². The van der Waals surface area contributed by atoms with Crippen LogP contribution < -0.4 is 4.74 Å². The molecule has 0 saturated carbocycles. The first-order chi connectivity index (χ1) is 8.58. The van der Waals surface area contributed by atoms with E-state index in [1.165, 1.54) is 18.2 Å². The Kier molecular flexibility index (Phi) is 5.27. The van der Waals surface area contributed by atoms with Crippen LogP contribution in [0.4, 0.5) is 0 Å². The third-order valence-corrected chi connectivity index (χ3v) is 2.33. The van der Waals surface area contributed by atoms with E-state index >= 15 is 0 Å². The highest BCUT2D eigenvalue weighted by molar-refractivity contribution is 6.32. The van der Waals surface area contributed by atoms with Gasteiger partial charge in [0.05, 0.1) is 10.6 Å². The van der Waals surface area contributed by atoms with Crippen molar-refractivity contribution in [3.05, 3.63) is 46.9 Å². The van der Waals surface area contributed by atoms with Crippen LogP contribution in [0.1, 0.15) is 23.7 Å². The van der Waals surface area contributed by atoms with Gasteiger partial charge in [0.15, 0.2) is 12.0 Å². The molecule has 0 amide bonds. The SMILES string of the molecule is CC/C=C\C=C(\O)Oc1cc(O)c(C=O)cc1Cl. The molecule has 0 aliphatic rings. The Bertz CT molecular complexity index is 492. The van der Waals surface area contributed by atoms with Crippen molar-refractivity contribution < 1.29 is 19.7 Å². The van der Waals surface area contributed by atoms with Crippen molar-refractivity contribution in [2.75, 3.05) is 0 Å². The number of rotatable bonds is 5. The normalized spacial score (nSPS) is 11.8. The molecule has 0 heterocycles. The van der Waals surface area contributed by atoms with Gasteiger partial charge in [0.1, 0.15) is 5.75 Å². The number of phenolic OH excluding ortho intramolecular Hbond substituents is 1. The number of aliphatic hydroxyl groups is 1. The number of benzene rings is 1. The number of phenols is 1. The fraction of sp³-hybridized carbons (Fsp3) is 0.154. The molecule has 4 nitrogen and oxygen atoms in total. The smallest absolute Gasteiger partial charge is 0.282 e. The van der Waals surface area contributed by atoms with Gasteiger partial charge in [-0.2, -0.15) is 0 Å². The van der Waals surface area contributed by atoms with Crippen molar-refractivity contribution in [3.63, 3.8) is 0 Å². The summed E-state index contributed by atoms with van der Waals surface area (Å²) in [5, 5.41) is 19.0. The quantitative estimate of drug-likeness (QED) is 0.486. The standard InChI is InChI=1S/C13H13ClO4/c1-2-3-4-5-13(17)18-12-7-11(16)9(8-15)6-10(12)14/h3-8,16-17H,2H2,1H3/b4-3-,13-5-. The van der Waals surface area contributed by atoms with Crippen molar-refractivity contribution in [2.45, 2.75) is 13.3 Å². The molecule has 0 saturated heterocycles. The molecular formula is C13H13ClO4. The van der Waals surface area contributed by atoms with Gasteiger partial charge in [-0.05, 0) is 12.5 Å². The maximum atomic E-state index is 10.6. The molecule has 0 unspecified atom stereocenters. The van der Waals surface area contributed by atoms with Crippen molar-refractivity contribution in [2.24, 2.45) is 0 Å². The second kappa shape index (κ2) is 6.71. The van der Waals surface area contributed by atoms with Gasteiger partial charge in [0, 0.05) is 12.1 Å². The van der Waals surface area contributed by atoms with Crippen LogP contribution in [0.3, 0.4) is 0 Å². The van der Waals surface area contributed by atoms with Gasteiger partial charge in [-0.15, -0.1) is 0 Å².